The van der Waals surface area contributed by atoms with Crippen LogP contribution in [-0.2, 0) is 14.3 Å². The number of amides is 1. The fourth-order valence-corrected chi connectivity index (χ4v) is 2.99. The van der Waals surface area contributed by atoms with E-state index in [1.54, 1.807) is 43.3 Å². The van der Waals surface area contributed by atoms with E-state index in [4.69, 9.17) is 9.47 Å². The van der Waals surface area contributed by atoms with Gasteiger partial charge in [-0.1, -0.05) is 12.1 Å². The number of rotatable bonds is 8. The summed E-state index contributed by atoms with van der Waals surface area (Å²) in [6, 6.07) is 11.1. The smallest absolute Gasteiger partial charge is 0.343 e. The predicted octanol–water partition coefficient (Wildman–Crippen LogP) is 3.14. The fraction of sp³-hybridized carbons (Fsp3) is 0.217. The molecule has 166 valence electrons. The molecule has 2 aromatic carbocycles. The van der Waals surface area contributed by atoms with Crippen molar-refractivity contribution in [1.29, 1.82) is 0 Å². The van der Waals surface area contributed by atoms with E-state index >= 15 is 0 Å². The SMILES string of the molecule is CCOc1cc(/C=C2\C(=O)N(c3cccc(C(=O)O)c3)N=C2C)ccc1OCC(=O)OC. The number of methoxy groups -OCH3 is 1. The van der Waals surface area contributed by atoms with Gasteiger partial charge in [-0.15, -0.1) is 0 Å². The Morgan fingerprint density at radius 2 is 1.91 bits per heavy atom. The summed E-state index contributed by atoms with van der Waals surface area (Å²) < 4.78 is 15.6. The van der Waals surface area contributed by atoms with E-state index in [1.165, 1.54) is 24.3 Å². The molecule has 0 spiro atoms. The summed E-state index contributed by atoms with van der Waals surface area (Å²) in [5.74, 6) is -1.21. The number of anilines is 1. The van der Waals surface area contributed by atoms with Crippen LogP contribution in [-0.4, -0.2) is 49.0 Å². The molecule has 3 rings (SSSR count). The average Bonchev–Trinajstić information content (AvgIpc) is 3.07. The van der Waals surface area contributed by atoms with Crippen LogP contribution in [0, 0.1) is 0 Å². The van der Waals surface area contributed by atoms with Gasteiger partial charge in [-0.05, 0) is 55.8 Å². The van der Waals surface area contributed by atoms with Crippen molar-refractivity contribution >= 4 is 35.3 Å². The number of esters is 1. The highest BCUT2D eigenvalue weighted by Crippen LogP contribution is 2.31. The highest BCUT2D eigenvalue weighted by Gasteiger charge is 2.29. The Kier molecular flexibility index (Phi) is 6.89. The van der Waals surface area contributed by atoms with Gasteiger partial charge in [0, 0.05) is 0 Å². The number of aromatic carboxylic acids is 1. The van der Waals surface area contributed by atoms with Gasteiger partial charge in [0.1, 0.15) is 0 Å². The molecule has 0 bridgehead atoms. The topological polar surface area (TPSA) is 115 Å². The van der Waals surface area contributed by atoms with Crippen molar-refractivity contribution in [3.63, 3.8) is 0 Å². The summed E-state index contributed by atoms with van der Waals surface area (Å²) in [5.41, 5.74) is 1.93. The fourth-order valence-electron chi connectivity index (χ4n) is 2.99. The van der Waals surface area contributed by atoms with Crippen LogP contribution in [0.5, 0.6) is 11.5 Å². The molecule has 0 fully saturated rings. The maximum absolute atomic E-state index is 13.0. The number of ether oxygens (including phenoxy) is 3. The van der Waals surface area contributed by atoms with Crippen molar-refractivity contribution in [3.05, 3.63) is 59.2 Å². The lowest BCUT2D eigenvalue weighted by atomic mass is 10.1. The van der Waals surface area contributed by atoms with Gasteiger partial charge in [0.15, 0.2) is 18.1 Å². The molecule has 1 heterocycles. The van der Waals surface area contributed by atoms with Gasteiger partial charge in [-0.2, -0.15) is 10.1 Å². The molecular formula is C23H22N2O7. The standard InChI is InChI=1S/C23H22N2O7/c1-4-31-20-11-15(8-9-19(20)32-13-21(26)30-3)10-18-14(2)24-25(22(18)27)17-7-5-6-16(12-17)23(28)29/h5-12H,4,13H2,1-3H3,(H,28,29)/b18-10-. The Hall–Kier alpha value is -4.14. The van der Waals surface area contributed by atoms with Crippen molar-refractivity contribution < 1.29 is 33.7 Å². The molecule has 0 saturated carbocycles. The number of nitrogens with zero attached hydrogens (tertiary/aromatic N) is 2. The first kappa shape index (κ1) is 22.5. The zero-order valence-electron chi connectivity index (χ0n) is 17.8. The number of carboxylic acids is 1. The molecule has 32 heavy (non-hydrogen) atoms. The number of carboxylic acid groups (broad SMARTS) is 1. The van der Waals surface area contributed by atoms with Crippen LogP contribution in [0.15, 0.2) is 53.1 Å². The number of carbonyl (C=O) groups is 3. The minimum atomic E-state index is -1.09. The van der Waals surface area contributed by atoms with Crippen molar-refractivity contribution in [3.8, 4) is 11.5 Å². The molecule has 0 saturated heterocycles. The molecule has 0 aromatic heterocycles. The van der Waals surface area contributed by atoms with Gasteiger partial charge < -0.3 is 19.3 Å². The monoisotopic (exact) mass is 438 g/mol. The molecule has 0 aliphatic carbocycles. The minimum absolute atomic E-state index is 0.0597. The Morgan fingerprint density at radius 3 is 2.59 bits per heavy atom. The van der Waals surface area contributed by atoms with Crippen LogP contribution < -0.4 is 14.5 Å². The van der Waals surface area contributed by atoms with E-state index in [2.05, 4.69) is 9.84 Å². The summed E-state index contributed by atoms with van der Waals surface area (Å²) in [6.07, 6.45) is 1.66. The first-order chi connectivity index (χ1) is 15.3. The van der Waals surface area contributed by atoms with E-state index in [0.29, 0.717) is 40.6 Å². The lowest BCUT2D eigenvalue weighted by Gasteiger charge is -2.13. The van der Waals surface area contributed by atoms with Crippen molar-refractivity contribution in [1.82, 2.24) is 0 Å². The summed E-state index contributed by atoms with van der Waals surface area (Å²) in [6.45, 7) is 3.63. The Labute approximate surface area is 184 Å². The number of carbonyl (C=O) groups excluding carboxylic acids is 2. The van der Waals surface area contributed by atoms with Gasteiger partial charge in [0.25, 0.3) is 5.91 Å². The van der Waals surface area contributed by atoms with E-state index in [-0.39, 0.29) is 18.1 Å². The summed E-state index contributed by atoms with van der Waals surface area (Å²) in [7, 11) is 1.27. The molecular weight excluding hydrogens is 416 g/mol. The van der Waals surface area contributed by atoms with Crippen LogP contribution in [0.4, 0.5) is 5.69 Å². The van der Waals surface area contributed by atoms with Crippen molar-refractivity contribution in [2.75, 3.05) is 25.3 Å². The van der Waals surface area contributed by atoms with E-state index in [9.17, 15) is 19.5 Å². The second-order valence-corrected chi connectivity index (χ2v) is 6.72. The molecule has 0 atom stereocenters. The zero-order valence-corrected chi connectivity index (χ0v) is 17.8. The Morgan fingerprint density at radius 1 is 1.12 bits per heavy atom. The van der Waals surface area contributed by atoms with Gasteiger partial charge in [-0.25, -0.2) is 9.59 Å². The third-order valence-electron chi connectivity index (χ3n) is 4.55. The van der Waals surface area contributed by atoms with Crippen LogP contribution >= 0.6 is 0 Å². The molecule has 1 N–H and O–H groups in total. The molecule has 0 radical (unpaired) electrons. The molecule has 1 aliphatic rings. The van der Waals surface area contributed by atoms with Crippen LogP contribution in [0.1, 0.15) is 29.8 Å². The molecule has 1 amide bonds. The lowest BCUT2D eigenvalue weighted by Crippen LogP contribution is -2.21. The first-order valence-corrected chi connectivity index (χ1v) is 9.75. The normalized spacial score (nSPS) is 14.3. The maximum atomic E-state index is 13.0. The molecule has 2 aromatic rings. The highest BCUT2D eigenvalue weighted by atomic mass is 16.6. The summed E-state index contributed by atoms with van der Waals surface area (Å²) in [5, 5.41) is 14.6. The molecule has 0 unspecified atom stereocenters. The largest absolute Gasteiger partial charge is 0.490 e. The van der Waals surface area contributed by atoms with Gasteiger partial charge >= 0.3 is 11.9 Å². The first-order valence-electron chi connectivity index (χ1n) is 9.75. The number of hydrogen-bond acceptors (Lipinski definition) is 7. The average molecular weight is 438 g/mol. The highest BCUT2D eigenvalue weighted by molar-refractivity contribution is 6.32. The molecule has 9 heteroatoms. The van der Waals surface area contributed by atoms with E-state index in [1.807, 2.05) is 6.92 Å². The van der Waals surface area contributed by atoms with Crippen LogP contribution in [0.2, 0.25) is 0 Å². The van der Waals surface area contributed by atoms with Crippen molar-refractivity contribution in [2.45, 2.75) is 13.8 Å². The van der Waals surface area contributed by atoms with Gasteiger partial charge in [0.2, 0.25) is 0 Å². The Bertz CT molecular complexity index is 1120. The maximum Gasteiger partial charge on any atom is 0.343 e. The second-order valence-electron chi connectivity index (χ2n) is 6.72. The lowest BCUT2D eigenvalue weighted by molar-refractivity contribution is -0.142. The third-order valence-corrected chi connectivity index (χ3v) is 4.55. The third kappa shape index (κ3) is 4.94. The predicted molar refractivity (Wildman–Crippen MR) is 117 cm³/mol. The second kappa shape index (κ2) is 9.78. The van der Waals surface area contributed by atoms with Crippen LogP contribution in [0.3, 0.4) is 0 Å². The minimum Gasteiger partial charge on any atom is -0.490 e. The molecule has 9 nitrogen and oxygen atoms in total. The van der Waals surface area contributed by atoms with Gasteiger partial charge in [0.05, 0.1) is 36.3 Å². The van der Waals surface area contributed by atoms with Gasteiger partial charge in [-0.3, -0.25) is 4.79 Å². The van der Waals surface area contributed by atoms with Crippen molar-refractivity contribution in [2.24, 2.45) is 5.10 Å². The van der Waals surface area contributed by atoms with E-state index < -0.39 is 11.9 Å². The molecule has 1 aliphatic heterocycles. The summed E-state index contributed by atoms with van der Waals surface area (Å²) in [4.78, 5) is 35.6. The van der Waals surface area contributed by atoms with E-state index in [0.717, 1.165) is 0 Å². The summed E-state index contributed by atoms with van der Waals surface area (Å²) >= 11 is 0. The van der Waals surface area contributed by atoms with Crippen LogP contribution in [0.25, 0.3) is 6.08 Å². The number of benzene rings is 2. The zero-order chi connectivity index (χ0) is 23.3. The number of hydrazone groups is 1. The number of hydrogen-bond donors (Lipinski definition) is 1. The quantitative estimate of drug-likeness (QED) is 0.497. The Balaban J connectivity index is 1.88.